The maximum absolute atomic E-state index is 12.2. The first kappa shape index (κ1) is 9.38. The molecule has 0 amide bonds. The Morgan fingerprint density at radius 3 is 2.67 bits per heavy atom. The number of nitrogens with zero attached hydrogens (tertiary/aromatic N) is 1. The summed E-state index contributed by atoms with van der Waals surface area (Å²) < 4.78 is 24.8. The smallest absolute Gasteiger partial charge is 0.267 e. The number of nitrogens with two attached hydrogens (primary N) is 1. The van der Waals surface area contributed by atoms with Crippen LogP contribution >= 0.6 is 15.9 Å². The van der Waals surface area contributed by atoms with Crippen LogP contribution in [-0.2, 0) is 0 Å². The fraction of sp³-hybridized carbons (Fsp3) is 0.286. The largest absolute Gasteiger partial charge is 0.397 e. The van der Waals surface area contributed by atoms with E-state index >= 15 is 0 Å². The van der Waals surface area contributed by atoms with Crippen LogP contribution in [0.4, 0.5) is 14.5 Å². The van der Waals surface area contributed by atoms with Crippen LogP contribution in [0.25, 0.3) is 0 Å². The number of hydrogen-bond donors (Lipinski definition) is 1. The maximum atomic E-state index is 12.2. The van der Waals surface area contributed by atoms with E-state index in [-0.39, 0.29) is 11.3 Å². The molecule has 0 saturated heterocycles. The van der Waals surface area contributed by atoms with Crippen molar-refractivity contribution >= 4 is 21.6 Å². The number of pyridine rings is 1. The molecule has 5 heteroatoms. The standard InChI is InChI=1S/C7H7BrF2N2/c1-3-5(8)6(11)4(2-12-3)7(9)10/h2,7H,1H3,(H2,11,12). The average Bonchev–Trinajstić information content (AvgIpc) is 2.00. The van der Waals surface area contributed by atoms with Gasteiger partial charge in [0.2, 0.25) is 0 Å². The molecule has 2 nitrogen and oxygen atoms in total. The van der Waals surface area contributed by atoms with Crippen LogP contribution in [0.5, 0.6) is 0 Å². The Labute approximate surface area is 76.9 Å². The van der Waals surface area contributed by atoms with E-state index in [1.807, 2.05) is 0 Å². The van der Waals surface area contributed by atoms with Gasteiger partial charge >= 0.3 is 0 Å². The molecule has 0 aromatic carbocycles. The zero-order valence-electron chi connectivity index (χ0n) is 6.31. The normalized spacial score (nSPS) is 10.8. The topological polar surface area (TPSA) is 38.9 Å². The van der Waals surface area contributed by atoms with Crippen molar-refractivity contribution in [3.05, 3.63) is 21.9 Å². The minimum Gasteiger partial charge on any atom is -0.397 e. The highest BCUT2D eigenvalue weighted by Crippen LogP contribution is 2.31. The zero-order chi connectivity index (χ0) is 9.30. The summed E-state index contributed by atoms with van der Waals surface area (Å²) in [6.45, 7) is 1.69. The Morgan fingerprint density at radius 2 is 2.17 bits per heavy atom. The van der Waals surface area contributed by atoms with Gasteiger partial charge in [0.1, 0.15) is 0 Å². The van der Waals surface area contributed by atoms with E-state index < -0.39 is 6.43 Å². The molecule has 0 bridgehead atoms. The number of aromatic nitrogens is 1. The third kappa shape index (κ3) is 1.55. The summed E-state index contributed by atoms with van der Waals surface area (Å²) in [6, 6.07) is 0. The minimum atomic E-state index is -2.57. The fourth-order valence-corrected chi connectivity index (χ4v) is 1.12. The Balaban J connectivity index is 3.27. The Morgan fingerprint density at radius 1 is 1.58 bits per heavy atom. The van der Waals surface area contributed by atoms with Crippen molar-refractivity contribution in [3.8, 4) is 0 Å². The summed E-state index contributed by atoms with van der Waals surface area (Å²) >= 11 is 3.08. The number of aryl methyl sites for hydroxylation is 1. The monoisotopic (exact) mass is 236 g/mol. The second kappa shape index (κ2) is 3.35. The number of halogens is 3. The molecule has 0 aliphatic heterocycles. The molecule has 0 radical (unpaired) electrons. The van der Waals surface area contributed by atoms with Crippen LogP contribution in [-0.4, -0.2) is 4.98 Å². The molecule has 0 unspecified atom stereocenters. The number of alkyl halides is 2. The van der Waals surface area contributed by atoms with Gasteiger partial charge in [-0.05, 0) is 22.9 Å². The minimum absolute atomic E-state index is 0.0671. The molecular formula is C7H7BrF2N2. The summed E-state index contributed by atoms with van der Waals surface area (Å²) in [7, 11) is 0. The van der Waals surface area contributed by atoms with E-state index in [4.69, 9.17) is 5.73 Å². The lowest BCUT2D eigenvalue weighted by Gasteiger charge is -2.07. The van der Waals surface area contributed by atoms with Crippen LogP contribution in [0.3, 0.4) is 0 Å². The van der Waals surface area contributed by atoms with Crippen LogP contribution < -0.4 is 5.73 Å². The van der Waals surface area contributed by atoms with Gasteiger partial charge in [0.15, 0.2) is 0 Å². The summed E-state index contributed by atoms with van der Waals surface area (Å²) in [6.07, 6.45) is -1.48. The SMILES string of the molecule is Cc1ncc(C(F)F)c(N)c1Br. The van der Waals surface area contributed by atoms with Crippen molar-refractivity contribution in [1.82, 2.24) is 4.98 Å². The van der Waals surface area contributed by atoms with Gasteiger partial charge in [0.25, 0.3) is 6.43 Å². The van der Waals surface area contributed by atoms with Gasteiger partial charge in [-0.2, -0.15) is 0 Å². The van der Waals surface area contributed by atoms with Crippen molar-refractivity contribution in [2.45, 2.75) is 13.3 Å². The highest BCUT2D eigenvalue weighted by molar-refractivity contribution is 9.10. The van der Waals surface area contributed by atoms with Crippen molar-refractivity contribution in [2.75, 3.05) is 5.73 Å². The predicted molar refractivity (Wildman–Crippen MR) is 46.0 cm³/mol. The Hall–Kier alpha value is -0.710. The molecular weight excluding hydrogens is 230 g/mol. The fourth-order valence-electron chi connectivity index (χ4n) is 0.788. The van der Waals surface area contributed by atoms with E-state index in [2.05, 4.69) is 20.9 Å². The summed E-state index contributed by atoms with van der Waals surface area (Å²) in [5, 5.41) is 0. The Kier molecular flexibility index (Phi) is 2.62. The van der Waals surface area contributed by atoms with Gasteiger partial charge in [0.05, 0.1) is 21.4 Å². The lowest BCUT2D eigenvalue weighted by atomic mass is 10.2. The van der Waals surface area contributed by atoms with Gasteiger partial charge in [-0.25, -0.2) is 8.78 Å². The van der Waals surface area contributed by atoms with E-state index in [1.54, 1.807) is 6.92 Å². The van der Waals surface area contributed by atoms with E-state index in [9.17, 15) is 8.78 Å². The average molecular weight is 237 g/mol. The molecule has 1 rings (SSSR count). The van der Waals surface area contributed by atoms with Gasteiger partial charge in [0, 0.05) is 6.20 Å². The lowest BCUT2D eigenvalue weighted by molar-refractivity contribution is 0.151. The van der Waals surface area contributed by atoms with Gasteiger partial charge in [-0.3, -0.25) is 4.98 Å². The number of nitrogen functional groups attached to an aromatic ring is 1. The molecule has 1 heterocycles. The van der Waals surface area contributed by atoms with Crippen molar-refractivity contribution in [1.29, 1.82) is 0 Å². The third-order valence-electron chi connectivity index (χ3n) is 1.50. The molecule has 66 valence electrons. The van der Waals surface area contributed by atoms with Crippen LogP contribution in [0, 0.1) is 6.92 Å². The van der Waals surface area contributed by atoms with E-state index in [0.29, 0.717) is 10.2 Å². The van der Waals surface area contributed by atoms with E-state index in [0.717, 1.165) is 6.20 Å². The summed E-state index contributed by atoms with van der Waals surface area (Å²) in [4.78, 5) is 3.75. The quantitative estimate of drug-likeness (QED) is 0.815. The molecule has 1 aromatic heterocycles. The first-order chi connectivity index (χ1) is 5.54. The molecule has 0 atom stereocenters. The number of hydrogen-bond acceptors (Lipinski definition) is 2. The molecule has 0 fully saturated rings. The van der Waals surface area contributed by atoms with Crippen molar-refractivity contribution < 1.29 is 8.78 Å². The highest BCUT2D eigenvalue weighted by Gasteiger charge is 2.14. The third-order valence-corrected chi connectivity index (χ3v) is 2.50. The summed E-state index contributed by atoms with van der Waals surface area (Å²) in [5.74, 6) is 0. The van der Waals surface area contributed by atoms with Crippen LogP contribution in [0.2, 0.25) is 0 Å². The van der Waals surface area contributed by atoms with Gasteiger partial charge in [-0.15, -0.1) is 0 Å². The molecule has 0 aliphatic carbocycles. The van der Waals surface area contributed by atoms with E-state index in [1.165, 1.54) is 0 Å². The molecule has 12 heavy (non-hydrogen) atoms. The molecule has 2 N–H and O–H groups in total. The van der Waals surface area contributed by atoms with Crippen LogP contribution in [0.15, 0.2) is 10.7 Å². The highest BCUT2D eigenvalue weighted by atomic mass is 79.9. The first-order valence-electron chi connectivity index (χ1n) is 3.22. The van der Waals surface area contributed by atoms with Crippen molar-refractivity contribution in [2.24, 2.45) is 0 Å². The molecule has 1 aromatic rings. The van der Waals surface area contributed by atoms with Gasteiger partial charge in [-0.1, -0.05) is 0 Å². The maximum Gasteiger partial charge on any atom is 0.267 e. The second-order valence-corrected chi connectivity index (χ2v) is 3.12. The van der Waals surface area contributed by atoms with Crippen LogP contribution in [0.1, 0.15) is 17.7 Å². The molecule has 0 spiro atoms. The Bertz CT molecular complexity index is 302. The second-order valence-electron chi connectivity index (χ2n) is 2.33. The first-order valence-corrected chi connectivity index (χ1v) is 4.02. The number of anilines is 1. The van der Waals surface area contributed by atoms with Crippen molar-refractivity contribution in [3.63, 3.8) is 0 Å². The van der Waals surface area contributed by atoms with Gasteiger partial charge < -0.3 is 5.73 Å². The number of rotatable bonds is 1. The predicted octanol–water partition coefficient (Wildman–Crippen LogP) is 2.67. The molecule has 0 saturated carbocycles. The lowest BCUT2D eigenvalue weighted by Crippen LogP contribution is -1.99. The summed E-state index contributed by atoms with van der Waals surface area (Å²) in [5.41, 5.74) is 5.86. The molecule has 0 aliphatic rings. The zero-order valence-corrected chi connectivity index (χ0v) is 7.90.